The molecule has 0 unspecified atom stereocenters. The molecule has 12 heteroatoms. The quantitative estimate of drug-likeness (QED) is 0.326. The van der Waals surface area contributed by atoms with Gasteiger partial charge in [0.15, 0.2) is 22.8 Å². The first kappa shape index (κ1) is 36.2. The molecule has 6 aliphatic rings. The van der Waals surface area contributed by atoms with E-state index in [-0.39, 0.29) is 62.5 Å². The molecule has 50 heavy (non-hydrogen) atoms. The molecule has 0 aromatic heterocycles. The van der Waals surface area contributed by atoms with Gasteiger partial charge in [0.2, 0.25) is 0 Å². The van der Waals surface area contributed by atoms with Crippen LogP contribution < -0.4 is 0 Å². The number of fused-ring (bicyclic) bond motifs is 9. The maximum Gasteiger partial charge on any atom is 0.336 e. The smallest absolute Gasteiger partial charge is 0.336 e. The van der Waals surface area contributed by atoms with Gasteiger partial charge in [0, 0.05) is 51.4 Å². The van der Waals surface area contributed by atoms with Gasteiger partial charge < -0.3 is 29.2 Å². The number of ether oxygens (including phenoxy) is 4. The van der Waals surface area contributed by atoms with Crippen molar-refractivity contribution >= 4 is 35.1 Å². The molecule has 0 radical (unpaired) electrons. The lowest BCUT2D eigenvalue weighted by atomic mass is 9.69. The van der Waals surface area contributed by atoms with Crippen LogP contribution in [-0.4, -0.2) is 92.1 Å². The summed E-state index contributed by atoms with van der Waals surface area (Å²) >= 11 is 0. The number of Topliss-reactive ketones (excluding diaryl/α,β-unsaturated/α-hetero) is 4. The van der Waals surface area contributed by atoms with E-state index in [0.29, 0.717) is 11.1 Å². The molecule has 0 aromatic carbocycles. The Bertz CT molecular complexity index is 1530. The summed E-state index contributed by atoms with van der Waals surface area (Å²) in [5.41, 5.74) is -6.08. The van der Waals surface area contributed by atoms with Crippen molar-refractivity contribution in [3.05, 3.63) is 47.6 Å². The van der Waals surface area contributed by atoms with E-state index in [0.717, 1.165) is 0 Å². The standard InChI is InChI=1S/C38H46O12/c1-19(2)21-7-9-25-31(43)27(47-33(25)45)15-35(5)17-29(41)37(49-35,13-23(39)11-21)38-14-24(40)12-22(20(3)4)8-10-26-32(44)28(48-34(26)46)16-36(6,50-38)18-30(38)42/h9-10,21-22,27-28,31-32,43-44H,1,3,7-8,11-18H2,2,4-6H3/b25-9-,26-10-/t21-,22-,27+,28+,31-,32-,35-,36-,37+,38+/m1/s1. The lowest BCUT2D eigenvalue weighted by molar-refractivity contribution is -0.233. The third-order valence-corrected chi connectivity index (χ3v) is 11.5. The Balaban J connectivity index is 1.49. The Hall–Kier alpha value is -3.58. The van der Waals surface area contributed by atoms with Crippen LogP contribution >= 0.6 is 0 Å². The number of ketones is 4. The monoisotopic (exact) mass is 694 g/mol. The minimum atomic E-state index is -2.27. The van der Waals surface area contributed by atoms with Crippen molar-refractivity contribution in [2.45, 2.75) is 139 Å². The minimum Gasteiger partial charge on any atom is -0.456 e. The van der Waals surface area contributed by atoms with Crippen LogP contribution in [0.3, 0.4) is 0 Å². The number of hydrogen-bond acceptors (Lipinski definition) is 12. The molecule has 4 saturated heterocycles. The number of carbonyl (C=O) groups excluding carboxylic acids is 6. The summed E-state index contributed by atoms with van der Waals surface area (Å²) in [6.07, 6.45) is -3.69. The van der Waals surface area contributed by atoms with Gasteiger partial charge in [-0.1, -0.05) is 36.5 Å². The lowest BCUT2D eigenvalue weighted by Crippen LogP contribution is -2.64. The second-order valence-corrected chi connectivity index (χ2v) is 15.9. The van der Waals surface area contributed by atoms with Crippen LogP contribution in [0.5, 0.6) is 0 Å². The van der Waals surface area contributed by atoms with Crippen LogP contribution in [0.1, 0.15) is 91.9 Å². The van der Waals surface area contributed by atoms with Gasteiger partial charge >= 0.3 is 11.9 Å². The fourth-order valence-corrected chi connectivity index (χ4v) is 8.84. The average molecular weight is 695 g/mol. The summed E-state index contributed by atoms with van der Waals surface area (Å²) in [4.78, 5) is 83.4. The maximum absolute atomic E-state index is 14.7. The van der Waals surface area contributed by atoms with Crippen molar-refractivity contribution in [3.63, 3.8) is 0 Å². The van der Waals surface area contributed by atoms with Gasteiger partial charge in [-0.2, -0.15) is 0 Å². The molecule has 8 bridgehead atoms. The third-order valence-electron chi connectivity index (χ3n) is 11.5. The molecule has 0 saturated carbocycles. The molecule has 2 N–H and O–H groups in total. The molecular formula is C38H46O12. The van der Waals surface area contributed by atoms with Gasteiger partial charge in [0.1, 0.15) is 36.0 Å². The van der Waals surface area contributed by atoms with Crippen molar-refractivity contribution < 1.29 is 57.9 Å². The van der Waals surface area contributed by atoms with Crippen molar-refractivity contribution in [2.75, 3.05) is 0 Å². The van der Waals surface area contributed by atoms with Crippen LogP contribution in [0.2, 0.25) is 0 Å². The first-order valence-corrected chi connectivity index (χ1v) is 17.3. The first-order valence-electron chi connectivity index (χ1n) is 17.3. The number of carbonyl (C=O) groups is 6. The molecule has 0 aromatic rings. The summed E-state index contributed by atoms with van der Waals surface area (Å²) in [6.45, 7) is 14.7. The van der Waals surface area contributed by atoms with Crippen LogP contribution in [0.25, 0.3) is 0 Å². The second-order valence-electron chi connectivity index (χ2n) is 15.9. The van der Waals surface area contributed by atoms with Crippen LogP contribution in [0.15, 0.2) is 47.6 Å². The Labute approximate surface area is 290 Å². The molecule has 0 spiro atoms. The lowest BCUT2D eigenvalue weighted by Gasteiger charge is -2.45. The normalized spacial score (nSPS) is 44.6. The number of rotatable bonds is 3. The third kappa shape index (κ3) is 6.07. The zero-order valence-electron chi connectivity index (χ0n) is 29.1. The van der Waals surface area contributed by atoms with E-state index in [1.807, 2.05) is 0 Å². The minimum absolute atomic E-state index is 0.0520. The van der Waals surface area contributed by atoms with Crippen LogP contribution in [-0.2, 0) is 47.7 Å². The fourth-order valence-electron chi connectivity index (χ4n) is 8.84. The van der Waals surface area contributed by atoms with Gasteiger partial charge in [-0.15, -0.1) is 0 Å². The molecular weight excluding hydrogens is 648 g/mol. The van der Waals surface area contributed by atoms with Crippen LogP contribution in [0, 0.1) is 11.8 Å². The first-order chi connectivity index (χ1) is 23.3. The summed E-state index contributed by atoms with van der Waals surface area (Å²) in [6, 6.07) is 0. The molecule has 0 amide bonds. The Morgan fingerprint density at radius 3 is 1.36 bits per heavy atom. The second kappa shape index (κ2) is 12.6. The maximum atomic E-state index is 14.7. The molecule has 6 heterocycles. The summed E-state index contributed by atoms with van der Waals surface area (Å²) < 4.78 is 24.6. The zero-order chi connectivity index (χ0) is 36.6. The highest BCUT2D eigenvalue weighted by Crippen LogP contribution is 2.56. The zero-order valence-corrected chi connectivity index (χ0v) is 29.1. The largest absolute Gasteiger partial charge is 0.456 e. The average Bonchev–Trinajstić information content (AvgIpc) is 3.61. The predicted molar refractivity (Wildman–Crippen MR) is 175 cm³/mol. The van der Waals surface area contributed by atoms with Crippen molar-refractivity contribution in [3.8, 4) is 0 Å². The van der Waals surface area contributed by atoms with Gasteiger partial charge in [0.25, 0.3) is 0 Å². The Morgan fingerprint density at radius 1 is 0.660 bits per heavy atom. The molecule has 10 atom stereocenters. The van der Waals surface area contributed by atoms with Crippen LogP contribution in [0.4, 0.5) is 0 Å². The Morgan fingerprint density at radius 2 is 1.02 bits per heavy atom. The Kier molecular flexibility index (Phi) is 9.11. The van der Waals surface area contributed by atoms with Crippen molar-refractivity contribution in [1.82, 2.24) is 0 Å². The SMILES string of the molecule is C=C(C)[C@@H]1C/C=C2\C(=O)O[C@@H](C[C@]3(C)CC(=O)[C@]([C@]45CC(=O)C[C@H](C(=C)C)C/C=C6\C(=O)O[C@@H](C[C@](C)(CC4=O)O5)[C@@H]6O)(CC(=O)C1)O3)[C@@H]2O. The van der Waals surface area contributed by atoms with Gasteiger partial charge in [-0.05, 0) is 52.4 Å². The number of hydrogen-bond donors (Lipinski definition) is 2. The summed E-state index contributed by atoms with van der Waals surface area (Å²) in [7, 11) is 0. The molecule has 0 aliphatic carbocycles. The number of allylic oxidation sites excluding steroid dienone is 4. The predicted octanol–water partition coefficient (Wildman–Crippen LogP) is 3.06. The molecule has 12 nitrogen and oxygen atoms in total. The van der Waals surface area contributed by atoms with Gasteiger partial charge in [-0.25, -0.2) is 9.59 Å². The van der Waals surface area contributed by atoms with Gasteiger partial charge in [0.05, 0.1) is 22.3 Å². The molecule has 4 fully saturated rings. The van der Waals surface area contributed by atoms with E-state index in [2.05, 4.69) is 13.2 Å². The molecule has 6 rings (SSSR count). The highest BCUT2D eigenvalue weighted by atomic mass is 16.6. The number of aliphatic hydroxyl groups is 2. The van der Waals surface area contributed by atoms with Crippen molar-refractivity contribution in [1.29, 1.82) is 0 Å². The van der Waals surface area contributed by atoms with Crippen molar-refractivity contribution in [2.24, 2.45) is 11.8 Å². The topological polar surface area (TPSA) is 180 Å². The number of aliphatic hydroxyl groups excluding tert-OH is 2. The van der Waals surface area contributed by atoms with E-state index in [1.165, 1.54) is 0 Å². The number of esters is 2. The van der Waals surface area contributed by atoms with E-state index in [1.54, 1.807) is 39.8 Å². The molecule has 270 valence electrons. The van der Waals surface area contributed by atoms with E-state index in [4.69, 9.17) is 18.9 Å². The highest BCUT2D eigenvalue weighted by Gasteiger charge is 2.73. The van der Waals surface area contributed by atoms with E-state index in [9.17, 15) is 39.0 Å². The summed E-state index contributed by atoms with van der Waals surface area (Å²) in [5.74, 6) is -4.55. The highest BCUT2D eigenvalue weighted by molar-refractivity contribution is 6.07. The fraction of sp³-hybridized carbons (Fsp3) is 0.632. The summed E-state index contributed by atoms with van der Waals surface area (Å²) in [5, 5.41) is 22.3. The van der Waals surface area contributed by atoms with E-state index < -0.39 is 107 Å². The van der Waals surface area contributed by atoms with E-state index >= 15 is 0 Å². The van der Waals surface area contributed by atoms with Gasteiger partial charge in [-0.3, -0.25) is 19.2 Å². The molecule has 6 aliphatic heterocycles.